The van der Waals surface area contributed by atoms with Gasteiger partial charge >= 0.3 is 0 Å². The normalized spacial score (nSPS) is 25.6. The Morgan fingerprint density at radius 3 is 3.06 bits per heavy atom. The predicted molar refractivity (Wildman–Crippen MR) is 66.4 cm³/mol. The van der Waals surface area contributed by atoms with Crippen LogP contribution in [0, 0.1) is 0 Å². The number of rotatable bonds is 4. The van der Waals surface area contributed by atoms with Crippen molar-refractivity contribution >= 4 is 9.84 Å². The first-order valence-electron chi connectivity index (χ1n) is 6.06. The van der Waals surface area contributed by atoms with Crippen LogP contribution in [0.2, 0.25) is 0 Å². The second kappa shape index (κ2) is 5.18. The molecule has 5 nitrogen and oxygen atoms in total. The van der Waals surface area contributed by atoms with E-state index in [9.17, 15) is 8.42 Å². The number of hydrogen-bond donors (Lipinski definition) is 2. The molecule has 0 aromatic carbocycles. The van der Waals surface area contributed by atoms with E-state index in [1.54, 1.807) is 12.4 Å². The van der Waals surface area contributed by atoms with Crippen LogP contribution in [0.4, 0.5) is 0 Å². The molecule has 0 bridgehead atoms. The summed E-state index contributed by atoms with van der Waals surface area (Å²) < 4.78 is 23.1. The fourth-order valence-electron chi connectivity index (χ4n) is 2.30. The Balaban J connectivity index is 2.00. The van der Waals surface area contributed by atoms with E-state index in [-0.39, 0.29) is 17.8 Å². The Kier molecular flexibility index (Phi) is 3.83. The quantitative estimate of drug-likeness (QED) is 0.844. The minimum Gasteiger partial charge on any atom is -0.347 e. The van der Waals surface area contributed by atoms with Gasteiger partial charge in [0.05, 0.1) is 17.5 Å². The standard InChI is InChI=1S/C11H19N3O2S/c1-2-10(11-12-5-6-13-11)14-9-4-3-7-17(15,16)8-9/h5-6,9-10,14H,2-4,7-8H2,1H3,(H,12,13). The molecule has 96 valence electrons. The van der Waals surface area contributed by atoms with E-state index in [2.05, 4.69) is 22.2 Å². The topological polar surface area (TPSA) is 74.8 Å². The lowest BCUT2D eigenvalue weighted by Crippen LogP contribution is -2.42. The largest absolute Gasteiger partial charge is 0.347 e. The average Bonchev–Trinajstić information content (AvgIpc) is 2.78. The summed E-state index contributed by atoms with van der Waals surface area (Å²) in [5.41, 5.74) is 0. The van der Waals surface area contributed by atoms with E-state index in [4.69, 9.17) is 0 Å². The monoisotopic (exact) mass is 257 g/mol. The molecule has 2 atom stereocenters. The van der Waals surface area contributed by atoms with Crippen molar-refractivity contribution in [1.82, 2.24) is 15.3 Å². The Hall–Kier alpha value is -0.880. The van der Waals surface area contributed by atoms with Crippen molar-refractivity contribution in [3.8, 4) is 0 Å². The van der Waals surface area contributed by atoms with Crippen LogP contribution in [0.3, 0.4) is 0 Å². The summed E-state index contributed by atoms with van der Waals surface area (Å²) in [6.07, 6.45) is 6.09. The molecule has 2 N–H and O–H groups in total. The lowest BCUT2D eigenvalue weighted by Gasteiger charge is -2.27. The zero-order valence-corrected chi connectivity index (χ0v) is 10.8. The lowest BCUT2D eigenvalue weighted by molar-refractivity contribution is 0.403. The Morgan fingerprint density at radius 2 is 2.47 bits per heavy atom. The molecule has 0 amide bonds. The summed E-state index contributed by atoms with van der Waals surface area (Å²) in [4.78, 5) is 7.30. The first-order valence-corrected chi connectivity index (χ1v) is 7.88. The number of H-pyrrole nitrogens is 1. The van der Waals surface area contributed by atoms with E-state index in [0.29, 0.717) is 5.75 Å². The first-order chi connectivity index (χ1) is 8.11. The zero-order chi connectivity index (χ0) is 12.3. The summed E-state index contributed by atoms with van der Waals surface area (Å²) >= 11 is 0. The van der Waals surface area contributed by atoms with Gasteiger partial charge in [0, 0.05) is 18.4 Å². The Morgan fingerprint density at radius 1 is 1.65 bits per heavy atom. The van der Waals surface area contributed by atoms with Crippen molar-refractivity contribution in [2.45, 2.75) is 38.3 Å². The molecule has 2 unspecified atom stereocenters. The Bertz CT molecular complexity index is 441. The molecule has 1 saturated heterocycles. The van der Waals surface area contributed by atoms with Crippen molar-refractivity contribution in [3.63, 3.8) is 0 Å². The van der Waals surface area contributed by atoms with Gasteiger partial charge in [-0.2, -0.15) is 0 Å². The summed E-state index contributed by atoms with van der Waals surface area (Å²) in [5, 5.41) is 3.39. The maximum Gasteiger partial charge on any atom is 0.151 e. The number of nitrogens with one attached hydrogen (secondary N) is 2. The molecule has 0 aliphatic carbocycles. The molecular weight excluding hydrogens is 238 g/mol. The van der Waals surface area contributed by atoms with Crippen LogP contribution < -0.4 is 5.32 Å². The van der Waals surface area contributed by atoms with Gasteiger partial charge in [-0.25, -0.2) is 13.4 Å². The van der Waals surface area contributed by atoms with Crippen molar-refractivity contribution in [2.75, 3.05) is 11.5 Å². The average molecular weight is 257 g/mol. The number of nitrogens with zero attached hydrogens (tertiary/aromatic N) is 1. The molecule has 0 spiro atoms. The highest BCUT2D eigenvalue weighted by atomic mass is 32.2. The van der Waals surface area contributed by atoms with Crippen LogP contribution >= 0.6 is 0 Å². The van der Waals surface area contributed by atoms with Crippen LogP contribution in [0.1, 0.15) is 38.1 Å². The fourth-order valence-corrected chi connectivity index (χ4v) is 3.95. The van der Waals surface area contributed by atoms with Gasteiger partial charge in [0.15, 0.2) is 9.84 Å². The fraction of sp³-hybridized carbons (Fsp3) is 0.727. The maximum atomic E-state index is 11.6. The summed E-state index contributed by atoms with van der Waals surface area (Å²) in [6.45, 7) is 2.07. The van der Waals surface area contributed by atoms with E-state index in [1.807, 2.05) is 0 Å². The van der Waals surface area contributed by atoms with Crippen LogP contribution in [0.5, 0.6) is 0 Å². The van der Waals surface area contributed by atoms with E-state index >= 15 is 0 Å². The van der Waals surface area contributed by atoms with Crippen molar-refractivity contribution in [2.24, 2.45) is 0 Å². The zero-order valence-electron chi connectivity index (χ0n) is 10.0. The van der Waals surface area contributed by atoms with Gasteiger partial charge in [-0.3, -0.25) is 0 Å². The molecular formula is C11H19N3O2S. The molecule has 1 aromatic heterocycles. The third kappa shape index (κ3) is 3.29. The van der Waals surface area contributed by atoms with Gasteiger partial charge in [0.2, 0.25) is 0 Å². The maximum absolute atomic E-state index is 11.6. The highest BCUT2D eigenvalue weighted by molar-refractivity contribution is 7.91. The second-order valence-electron chi connectivity index (χ2n) is 4.56. The number of aromatic nitrogens is 2. The molecule has 0 radical (unpaired) electrons. The van der Waals surface area contributed by atoms with Gasteiger partial charge in [0.25, 0.3) is 0 Å². The molecule has 0 saturated carbocycles. The minimum atomic E-state index is -2.85. The third-order valence-corrected chi connectivity index (χ3v) is 4.98. The van der Waals surface area contributed by atoms with E-state index < -0.39 is 9.84 Å². The lowest BCUT2D eigenvalue weighted by atomic mass is 10.1. The molecule has 17 heavy (non-hydrogen) atoms. The van der Waals surface area contributed by atoms with Crippen molar-refractivity contribution in [1.29, 1.82) is 0 Å². The van der Waals surface area contributed by atoms with Gasteiger partial charge in [0.1, 0.15) is 5.82 Å². The summed E-state index contributed by atoms with van der Waals surface area (Å²) in [5.74, 6) is 1.47. The summed E-state index contributed by atoms with van der Waals surface area (Å²) in [6, 6.07) is 0.173. The smallest absolute Gasteiger partial charge is 0.151 e. The molecule has 1 aliphatic rings. The second-order valence-corrected chi connectivity index (χ2v) is 6.78. The minimum absolute atomic E-state index is 0.0591. The number of aromatic amines is 1. The van der Waals surface area contributed by atoms with Crippen LogP contribution in [0.25, 0.3) is 0 Å². The SMILES string of the molecule is CCC(NC1CCCS(=O)(=O)C1)c1ncc[nH]1. The molecule has 1 aliphatic heterocycles. The van der Waals surface area contributed by atoms with Crippen molar-refractivity contribution in [3.05, 3.63) is 18.2 Å². The van der Waals surface area contributed by atoms with E-state index in [0.717, 1.165) is 25.1 Å². The van der Waals surface area contributed by atoms with Crippen LogP contribution in [-0.2, 0) is 9.84 Å². The first kappa shape index (κ1) is 12.6. The molecule has 1 aromatic rings. The molecule has 6 heteroatoms. The predicted octanol–water partition coefficient (Wildman–Crippen LogP) is 1.03. The molecule has 2 heterocycles. The number of imidazole rings is 1. The van der Waals surface area contributed by atoms with Crippen LogP contribution in [0.15, 0.2) is 12.4 Å². The highest BCUT2D eigenvalue weighted by Gasteiger charge is 2.26. The number of hydrogen-bond acceptors (Lipinski definition) is 4. The van der Waals surface area contributed by atoms with E-state index in [1.165, 1.54) is 0 Å². The third-order valence-electron chi connectivity index (χ3n) is 3.16. The number of sulfone groups is 1. The molecule has 1 fully saturated rings. The Labute approximate surface area is 102 Å². The highest BCUT2D eigenvalue weighted by Crippen LogP contribution is 2.18. The molecule has 2 rings (SSSR count). The van der Waals surface area contributed by atoms with Gasteiger partial charge in [-0.15, -0.1) is 0 Å². The van der Waals surface area contributed by atoms with Crippen molar-refractivity contribution < 1.29 is 8.42 Å². The van der Waals surface area contributed by atoms with Gasteiger partial charge in [-0.1, -0.05) is 6.92 Å². The van der Waals surface area contributed by atoms with Gasteiger partial charge in [-0.05, 0) is 19.3 Å². The summed E-state index contributed by atoms with van der Waals surface area (Å²) in [7, 11) is -2.85. The van der Waals surface area contributed by atoms with Gasteiger partial charge < -0.3 is 10.3 Å². The van der Waals surface area contributed by atoms with Crippen LogP contribution in [-0.4, -0.2) is 35.9 Å².